The molecule has 3 nitrogen and oxygen atoms in total. The Kier molecular flexibility index (Phi) is 7.77. The van der Waals surface area contributed by atoms with Gasteiger partial charge < -0.3 is 9.64 Å². The van der Waals surface area contributed by atoms with Crippen LogP contribution in [0.3, 0.4) is 0 Å². The minimum absolute atomic E-state index is 0.235. The maximum Gasteiger partial charge on any atom is 0.223 e. The highest BCUT2D eigenvalue weighted by Crippen LogP contribution is 2.18. The predicted octanol–water partition coefficient (Wildman–Crippen LogP) is 3.21. The number of nitrogens with zero attached hydrogens (tertiary/aromatic N) is 1. The number of halogens is 1. The first-order chi connectivity index (χ1) is 8.99. The van der Waals surface area contributed by atoms with Gasteiger partial charge in [-0.2, -0.15) is 0 Å². The van der Waals surface area contributed by atoms with Crippen LogP contribution in [0.2, 0.25) is 0 Å². The maximum absolute atomic E-state index is 12.0. The Morgan fingerprint density at radius 3 is 2.53 bits per heavy atom. The fraction of sp³-hybridized carbons (Fsp3) is 0.800. The van der Waals surface area contributed by atoms with Crippen LogP contribution in [-0.4, -0.2) is 34.1 Å². The summed E-state index contributed by atoms with van der Waals surface area (Å²) in [5.41, 5.74) is 0. The molecule has 1 atom stereocenters. The summed E-state index contributed by atoms with van der Waals surface area (Å²) in [6, 6.07) is 0. The van der Waals surface area contributed by atoms with Crippen LogP contribution in [0.5, 0.6) is 0 Å². The molecule has 0 bridgehead atoms. The lowest BCUT2D eigenvalue weighted by molar-refractivity contribution is -0.133. The Morgan fingerprint density at radius 2 is 2.00 bits per heavy atom. The van der Waals surface area contributed by atoms with Crippen molar-refractivity contribution in [1.82, 2.24) is 4.90 Å². The van der Waals surface area contributed by atoms with Gasteiger partial charge in [0.05, 0.1) is 6.10 Å². The summed E-state index contributed by atoms with van der Waals surface area (Å²) in [4.78, 5) is 13.9. The number of carbonyl (C=O) groups is 1. The van der Waals surface area contributed by atoms with Crippen LogP contribution in [0.15, 0.2) is 0 Å². The first-order valence-electron chi connectivity index (χ1n) is 7.04. The number of piperidine rings is 1. The molecule has 1 rings (SSSR count). The molecule has 1 unspecified atom stereocenters. The van der Waals surface area contributed by atoms with Crippen molar-refractivity contribution in [3.63, 3.8) is 0 Å². The SMILES string of the molecule is CC(C)C#CCCC(=O)N1CCC(OC(C)I)CC1. The molecule has 1 amide bonds. The van der Waals surface area contributed by atoms with Crippen molar-refractivity contribution < 1.29 is 9.53 Å². The van der Waals surface area contributed by atoms with E-state index in [-0.39, 0.29) is 10.0 Å². The van der Waals surface area contributed by atoms with Gasteiger partial charge in [0.1, 0.15) is 4.11 Å². The number of carbonyl (C=O) groups excluding carboxylic acids is 1. The van der Waals surface area contributed by atoms with E-state index in [4.69, 9.17) is 4.74 Å². The van der Waals surface area contributed by atoms with Crippen LogP contribution < -0.4 is 0 Å². The molecule has 0 saturated carbocycles. The molecule has 1 heterocycles. The van der Waals surface area contributed by atoms with E-state index in [9.17, 15) is 4.79 Å². The van der Waals surface area contributed by atoms with E-state index in [2.05, 4.69) is 48.3 Å². The smallest absolute Gasteiger partial charge is 0.223 e. The van der Waals surface area contributed by atoms with Crippen molar-refractivity contribution in [3.8, 4) is 11.8 Å². The Bertz CT molecular complexity index is 336. The zero-order chi connectivity index (χ0) is 14.3. The van der Waals surface area contributed by atoms with E-state index in [1.54, 1.807) is 0 Å². The molecule has 0 spiro atoms. The van der Waals surface area contributed by atoms with E-state index < -0.39 is 0 Å². The second-order valence-electron chi connectivity index (χ2n) is 5.24. The summed E-state index contributed by atoms with van der Waals surface area (Å²) in [7, 11) is 0. The van der Waals surface area contributed by atoms with Gasteiger partial charge in [0.2, 0.25) is 5.91 Å². The maximum atomic E-state index is 12.0. The Hall–Kier alpha value is -0.280. The normalized spacial score (nSPS) is 18.1. The minimum atomic E-state index is 0.235. The standard InChI is InChI=1S/C15H24INO2/c1-12(2)6-4-5-7-15(18)17-10-8-14(9-11-17)19-13(3)16/h12-14H,5,7-11H2,1-3H3. The molecular weight excluding hydrogens is 353 g/mol. The highest BCUT2D eigenvalue weighted by atomic mass is 127. The van der Waals surface area contributed by atoms with Crippen molar-refractivity contribution in [2.75, 3.05) is 13.1 Å². The highest BCUT2D eigenvalue weighted by molar-refractivity contribution is 14.1. The average molecular weight is 377 g/mol. The number of hydrogen-bond donors (Lipinski definition) is 0. The second-order valence-corrected chi connectivity index (χ2v) is 6.99. The van der Waals surface area contributed by atoms with E-state index in [1.807, 2.05) is 11.8 Å². The van der Waals surface area contributed by atoms with Gasteiger partial charge in [-0.1, -0.05) is 36.4 Å². The number of likely N-dealkylation sites (tertiary alicyclic amines) is 1. The van der Waals surface area contributed by atoms with Crippen LogP contribution in [0, 0.1) is 17.8 Å². The van der Waals surface area contributed by atoms with E-state index in [0.29, 0.717) is 24.9 Å². The Balaban J connectivity index is 2.24. The molecule has 108 valence electrons. The lowest BCUT2D eigenvalue weighted by Crippen LogP contribution is -2.41. The zero-order valence-electron chi connectivity index (χ0n) is 12.1. The molecule has 0 aromatic rings. The number of hydrogen-bond acceptors (Lipinski definition) is 2. The van der Waals surface area contributed by atoms with Gasteiger partial charge in [0.25, 0.3) is 0 Å². The van der Waals surface area contributed by atoms with Gasteiger partial charge in [-0.05, 0) is 19.8 Å². The fourth-order valence-electron chi connectivity index (χ4n) is 2.11. The third-order valence-corrected chi connectivity index (χ3v) is 3.32. The molecule has 0 radical (unpaired) electrons. The number of ether oxygens (including phenoxy) is 1. The monoisotopic (exact) mass is 377 g/mol. The summed E-state index contributed by atoms with van der Waals surface area (Å²) in [6.45, 7) is 7.82. The Morgan fingerprint density at radius 1 is 1.37 bits per heavy atom. The molecule has 1 aliphatic heterocycles. The third-order valence-electron chi connectivity index (χ3n) is 3.03. The van der Waals surface area contributed by atoms with Gasteiger partial charge in [0, 0.05) is 31.8 Å². The lowest BCUT2D eigenvalue weighted by atomic mass is 10.1. The predicted molar refractivity (Wildman–Crippen MR) is 86.0 cm³/mol. The van der Waals surface area contributed by atoms with E-state index in [0.717, 1.165) is 25.9 Å². The van der Waals surface area contributed by atoms with Gasteiger partial charge in [-0.15, -0.1) is 11.8 Å². The largest absolute Gasteiger partial charge is 0.365 e. The quantitative estimate of drug-likeness (QED) is 0.428. The van der Waals surface area contributed by atoms with Gasteiger partial charge in [-0.25, -0.2) is 0 Å². The first-order valence-corrected chi connectivity index (χ1v) is 8.29. The summed E-state index contributed by atoms with van der Waals surface area (Å²) in [6.07, 6.45) is 3.45. The second kappa shape index (κ2) is 8.80. The van der Waals surface area contributed by atoms with Crippen molar-refractivity contribution >= 4 is 28.5 Å². The van der Waals surface area contributed by atoms with Crippen molar-refractivity contribution in [1.29, 1.82) is 0 Å². The van der Waals surface area contributed by atoms with Gasteiger partial charge >= 0.3 is 0 Å². The van der Waals surface area contributed by atoms with Crippen LogP contribution >= 0.6 is 22.6 Å². The molecule has 19 heavy (non-hydrogen) atoms. The van der Waals surface area contributed by atoms with Crippen LogP contribution in [0.4, 0.5) is 0 Å². The summed E-state index contributed by atoms with van der Waals surface area (Å²) in [5, 5.41) is 0. The molecule has 0 N–H and O–H groups in total. The molecule has 1 fully saturated rings. The van der Waals surface area contributed by atoms with Gasteiger partial charge in [-0.3, -0.25) is 4.79 Å². The lowest BCUT2D eigenvalue weighted by Gasteiger charge is -2.32. The van der Waals surface area contributed by atoms with E-state index >= 15 is 0 Å². The highest BCUT2D eigenvalue weighted by Gasteiger charge is 2.23. The fourth-order valence-corrected chi connectivity index (χ4v) is 2.53. The van der Waals surface area contributed by atoms with Crippen molar-refractivity contribution in [2.24, 2.45) is 5.92 Å². The Labute approximate surface area is 130 Å². The molecule has 4 heteroatoms. The third kappa shape index (κ3) is 7.17. The molecule has 1 saturated heterocycles. The van der Waals surface area contributed by atoms with Crippen molar-refractivity contribution in [2.45, 2.75) is 56.7 Å². The van der Waals surface area contributed by atoms with Crippen LogP contribution in [-0.2, 0) is 9.53 Å². The molecule has 0 aromatic heterocycles. The summed E-state index contributed by atoms with van der Waals surface area (Å²) < 4.78 is 6.02. The molecule has 1 aliphatic rings. The number of amides is 1. The molecule has 0 aliphatic carbocycles. The first kappa shape index (κ1) is 16.8. The topological polar surface area (TPSA) is 29.5 Å². The van der Waals surface area contributed by atoms with Crippen LogP contribution in [0.25, 0.3) is 0 Å². The molecule has 0 aromatic carbocycles. The molecular formula is C15H24INO2. The minimum Gasteiger partial charge on any atom is -0.365 e. The zero-order valence-corrected chi connectivity index (χ0v) is 14.3. The van der Waals surface area contributed by atoms with Crippen molar-refractivity contribution in [3.05, 3.63) is 0 Å². The average Bonchev–Trinajstić information content (AvgIpc) is 2.34. The summed E-state index contributed by atoms with van der Waals surface area (Å²) >= 11 is 2.27. The van der Waals surface area contributed by atoms with Gasteiger partial charge in [0.15, 0.2) is 0 Å². The van der Waals surface area contributed by atoms with Crippen LogP contribution in [0.1, 0.15) is 46.5 Å². The number of rotatable bonds is 4. The summed E-state index contributed by atoms with van der Waals surface area (Å²) in [5.74, 6) is 6.78. The number of alkyl halides is 1. The van der Waals surface area contributed by atoms with E-state index in [1.165, 1.54) is 0 Å².